The Morgan fingerprint density at radius 3 is 2.58 bits per heavy atom. The fraction of sp³-hybridized carbons (Fsp3) is 0.333. The van der Waals surface area contributed by atoms with E-state index in [1.165, 1.54) is 0 Å². The molecule has 0 atom stereocenters. The molecule has 0 radical (unpaired) electrons. The molecule has 1 aromatic carbocycles. The molecular weight excluding hydrogens is 344 g/mol. The van der Waals surface area contributed by atoms with Gasteiger partial charge in [-0.2, -0.15) is 0 Å². The van der Waals surface area contributed by atoms with Crippen LogP contribution >= 0.6 is 22.9 Å². The molecule has 1 aliphatic rings. The maximum atomic E-state index is 12.4. The number of nitrogens with one attached hydrogen (secondary N) is 1. The van der Waals surface area contributed by atoms with E-state index in [1.807, 2.05) is 34.5 Å². The van der Waals surface area contributed by atoms with Crippen molar-refractivity contribution in [1.82, 2.24) is 4.90 Å². The van der Waals surface area contributed by atoms with Gasteiger partial charge in [-0.15, -0.1) is 11.3 Å². The Kier molecular flexibility index (Phi) is 5.53. The van der Waals surface area contributed by atoms with Crippen molar-refractivity contribution in [2.75, 3.05) is 18.4 Å². The Balaban J connectivity index is 1.50. The molecule has 126 valence electrons. The number of anilines is 1. The van der Waals surface area contributed by atoms with E-state index in [0.717, 1.165) is 4.88 Å². The maximum absolute atomic E-state index is 12.4. The summed E-state index contributed by atoms with van der Waals surface area (Å²) in [5.41, 5.74) is 0.639. The molecule has 0 bridgehead atoms. The van der Waals surface area contributed by atoms with Crippen LogP contribution in [0.25, 0.3) is 0 Å². The van der Waals surface area contributed by atoms with Crippen molar-refractivity contribution in [1.29, 1.82) is 0 Å². The van der Waals surface area contributed by atoms with E-state index >= 15 is 0 Å². The van der Waals surface area contributed by atoms with Crippen LogP contribution in [0.1, 0.15) is 17.7 Å². The molecule has 1 N–H and O–H groups in total. The van der Waals surface area contributed by atoms with E-state index in [9.17, 15) is 9.59 Å². The van der Waals surface area contributed by atoms with Crippen molar-refractivity contribution >= 4 is 40.4 Å². The number of carbonyl (C=O) groups excluding carboxylic acids is 2. The van der Waals surface area contributed by atoms with Crippen molar-refractivity contribution in [2.45, 2.75) is 19.3 Å². The van der Waals surface area contributed by atoms with E-state index in [4.69, 9.17) is 11.6 Å². The summed E-state index contributed by atoms with van der Waals surface area (Å²) in [6.45, 7) is 1.26. The zero-order valence-corrected chi connectivity index (χ0v) is 14.8. The number of hydrogen-bond acceptors (Lipinski definition) is 3. The summed E-state index contributed by atoms with van der Waals surface area (Å²) in [5, 5.41) is 5.40. The van der Waals surface area contributed by atoms with Gasteiger partial charge < -0.3 is 10.2 Å². The second-order valence-corrected chi connectivity index (χ2v) is 7.32. The minimum absolute atomic E-state index is 0.0199. The number of thiophene rings is 1. The van der Waals surface area contributed by atoms with Gasteiger partial charge in [0.25, 0.3) is 0 Å². The van der Waals surface area contributed by atoms with E-state index in [-0.39, 0.29) is 17.7 Å². The fourth-order valence-corrected chi connectivity index (χ4v) is 3.74. The van der Waals surface area contributed by atoms with Gasteiger partial charge in [0, 0.05) is 23.9 Å². The number of piperidine rings is 1. The van der Waals surface area contributed by atoms with Gasteiger partial charge in [-0.25, -0.2) is 0 Å². The summed E-state index contributed by atoms with van der Waals surface area (Å²) < 4.78 is 0. The number of likely N-dealkylation sites (tertiary alicyclic amines) is 1. The highest BCUT2D eigenvalue weighted by molar-refractivity contribution is 7.10. The Morgan fingerprint density at radius 1 is 1.17 bits per heavy atom. The van der Waals surface area contributed by atoms with Gasteiger partial charge in [-0.1, -0.05) is 29.8 Å². The minimum Gasteiger partial charge on any atom is -0.342 e. The first-order valence-electron chi connectivity index (χ1n) is 7.99. The van der Waals surface area contributed by atoms with Gasteiger partial charge in [-0.05, 0) is 36.4 Å². The summed E-state index contributed by atoms with van der Waals surface area (Å²) in [4.78, 5) is 27.6. The predicted molar refractivity (Wildman–Crippen MR) is 97.4 cm³/mol. The van der Waals surface area contributed by atoms with Crippen molar-refractivity contribution < 1.29 is 9.59 Å². The first-order valence-corrected chi connectivity index (χ1v) is 9.25. The SMILES string of the molecule is O=C(Nc1ccccc1Cl)C1CCN(C(=O)Cc2cccs2)CC1. The molecule has 1 aliphatic heterocycles. The number of nitrogens with zero attached hydrogens (tertiary/aromatic N) is 1. The molecule has 0 saturated carbocycles. The lowest BCUT2D eigenvalue weighted by Crippen LogP contribution is -2.42. The summed E-state index contributed by atoms with van der Waals surface area (Å²) >= 11 is 7.67. The van der Waals surface area contributed by atoms with Crippen LogP contribution in [0.5, 0.6) is 0 Å². The highest BCUT2D eigenvalue weighted by Crippen LogP contribution is 2.24. The van der Waals surface area contributed by atoms with Crippen molar-refractivity contribution in [3.8, 4) is 0 Å². The number of hydrogen-bond donors (Lipinski definition) is 1. The number of benzene rings is 1. The van der Waals surface area contributed by atoms with Crippen LogP contribution < -0.4 is 5.32 Å². The van der Waals surface area contributed by atoms with Gasteiger partial charge in [0.1, 0.15) is 0 Å². The molecule has 1 saturated heterocycles. The number of para-hydroxylation sites is 1. The van der Waals surface area contributed by atoms with Crippen LogP contribution in [-0.4, -0.2) is 29.8 Å². The Bertz CT molecular complexity index is 710. The molecule has 0 unspecified atom stereocenters. The third-order valence-corrected chi connectivity index (χ3v) is 5.46. The summed E-state index contributed by atoms with van der Waals surface area (Å²) in [7, 11) is 0. The molecule has 4 nitrogen and oxygen atoms in total. The minimum atomic E-state index is -0.0768. The first-order chi connectivity index (χ1) is 11.6. The van der Waals surface area contributed by atoms with E-state index in [2.05, 4.69) is 5.32 Å². The van der Waals surface area contributed by atoms with Gasteiger partial charge in [0.15, 0.2) is 0 Å². The van der Waals surface area contributed by atoms with Crippen LogP contribution in [0.3, 0.4) is 0 Å². The second kappa shape index (κ2) is 7.81. The quantitative estimate of drug-likeness (QED) is 0.898. The second-order valence-electron chi connectivity index (χ2n) is 5.88. The Morgan fingerprint density at radius 2 is 1.92 bits per heavy atom. The zero-order valence-electron chi connectivity index (χ0n) is 13.2. The summed E-state index contributed by atoms with van der Waals surface area (Å²) in [6.07, 6.45) is 1.83. The molecule has 0 spiro atoms. The van der Waals surface area contributed by atoms with E-state index in [0.29, 0.717) is 43.1 Å². The highest BCUT2D eigenvalue weighted by Gasteiger charge is 2.27. The maximum Gasteiger partial charge on any atom is 0.227 e. The molecule has 24 heavy (non-hydrogen) atoms. The monoisotopic (exact) mass is 362 g/mol. The van der Waals surface area contributed by atoms with Crippen molar-refractivity contribution in [3.63, 3.8) is 0 Å². The van der Waals surface area contributed by atoms with Gasteiger partial charge >= 0.3 is 0 Å². The fourth-order valence-electron chi connectivity index (χ4n) is 2.86. The molecule has 1 aromatic heterocycles. The average molecular weight is 363 g/mol. The molecule has 0 aliphatic carbocycles. The Labute approximate surface area is 150 Å². The number of halogens is 1. The number of amides is 2. The van der Waals surface area contributed by atoms with Crippen molar-refractivity contribution in [2.24, 2.45) is 5.92 Å². The third-order valence-electron chi connectivity index (χ3n) is 4.26. The predicted octanol–water partition coefficient (Wildman–Crippen LogP) is 3.82. The lowest BCUT2D eigenvalue weighted by molar-refractivity contribution is -0.133. The van der Waals surface area contributed by atoms with E-state index in [1.54, 1.807) is 23.5 Å². The van der Waals surface area contributed by atoms with E-state index < -0.39 is 0 Å². The highest BCUT2D eigenvalue weighted by atomic mass is 35.5. The summed E-state index contributed by atoms with van der Waals surface area (Å²) in [5.74, 6) is 0.0444. The molecule has 2 heterocycles. The average Bonchev–Trinajstić information content (AvgIpc) is 3.10. The largest absolute Gasteiger partial charge is 0.342 e. The number of rotatable bonds is 4. The first kappa shape index (κ1) is 17.0. The van der Waals surface area contributed by atoms with Crippen LogP contribution in [-0.2, 0) is 16.0 Å². The van der Waals surface area contributed by atoms with Crippen LogP contribution in [0.15, 0.2) is 41.8 Å². The third kappa shape index (κ3) is 4.16. The standard InChI is InChI=1S/C18H19ClN2O2S/c19-15-5-1-2-6-16(15)20-18(23)13-7-9-21(10-8-13)17(22)12-14-4-3-11-24-14/h1-6,11,13H,7-10,12H2,(H,20,23). The molecule has 1 fully saturated rings. The normalized spacial score (nSPS) is 15.3. The Hall–Kier alpha value is -1.85. The molecule has 3 rings (SSSR count). The smallest absolute Gasteiger partial charge is 0.227 e. The van der Waals surface area contributed by atoms with Crippen LogP contribution in [0.2, 0.25) is 5.02 Å². The number of carbonyl (C=O) groups is 2. The van der Waals surface area contributed by atoms with Gasteiger partial charge in [0.05, 0.1) is 17.1 Å². The van der Waals surface area contributed by atoms with Gasteiger partial charge in [-0.3, -0.25) is 9.59 Å². The van der Waals surface area contributed by atoms with Crippen LogP contribution in [0, 0.1) is 5.92 Å². The molecule has 2 aromatic rings. The molecule has 6 heteroatoms. The van der Waals surface area contributed by atoms with Gasteiger partial charge in [0.2, 0.25) is 11.8 Å². The molecule has 2 amide bonds. The lowest BCUT2D eigenvalue weighted by atomic mass is 9.95. The van der Waals surface area contributed by atoms with Crippen molar-refractivity contribution in [3.05, 3.63) is 51.7 Å². The summed E-state index contributed by atoms with van der Waals surface area (Å²) in [6, 6.07) is 11.1. The lowest BCUT2D eigenvalue weighted by Gasteiger charge is -2.31. The zero-order chi connectivity index (χ0) is 16.9. The topological polar surface area (TPSA) is 49.4 Å². The van der Waals surface area contributed by atoms with Crippen LogP contribution in [0.4, 0.5) is 5.69 Å². The molecular formula is C18H19ClN2O2S.